The molecule has 1 fully saturated rings. The Hall–Kier alpha value is -10.1. The van der Waals surface area contributed by atoms with Gasteiger partial charge in [0.25, 0.3) is 0 Å². The summed E-state index contributed by atoms with van der Waals surface area (Å²) in [4.78, 5) is 17.1. The van der Waals surface area contributed by atoms with E-state index in [1.807, 2.05) is 29.0 Å². The fourth-order valence-electron chi connectivity index (χ4n) is 27.2. The summed E-state index contributed by atoms with van der Waals surface area (Å²) in [5.74, 6) is 0.733. The van der Waals surface area contributed by atoms with Crippen molar-refractivity contribution in [1.82, 2.24) is 30.4 Å². The maximum atomic E-state index is 14.2. The number of likely N-dealkylation sites (tertiary alicyclic amines) is 1. The number of nitrogens with one attached hydrogen (secondary N) is 1. The Kier molecular flexibility index (Phi) is 3.50. The number of carbonyl (C=O) groups is 1. The number of carbonyl (C=O) groups excluding carboxylic acids is 1. The molecule has 1 saturated heterocycles. The van der Waals surface area contributed by atoms with Crippen molar-refractivity contribution < 1.29 is 4.79 Å². The molecule has 1 aromatic heterocycles. The molecule has 7 heteroatoms. The van der Waals surface area contributed by atoms with Crippen molar-refractivity contribution in [3.8, 4) is 0 Å². The summed E-state index contributed by atoms with van der Waals surface area (Å²) < 4.78 is 1.85. The predicted octanol–water partition coefficient (Wildman–Crippen LogP) is 16.9. The zero-order valence-electron chi connectivity index (χ0n) is 43.9. The standard InChI is InChI=1S/C77H22N6O/c1-14(9-17(84)78-8-7-16-79-80-81-83(16)11-15-5-3-2-4-6-15)10-82-12-76-72-65-58-46-38-29-20-18-19-21-24(20)33-40(38)48-49-41(33)39-30(21)32-28-23(19)26-25-22(18)27-31(29)44(46)52-50-36(27)34(25)42-43-35(26)37(28)51-53-45(32)47(39)59-61(49)70(69(72)60(48)58)73-66(59)64(53)68-57(51)55(43)62-54(42)56(50)67(63(52)65)74(76)71(62)75(68)77(73,76)13-82/h2-6,9H,7-8,10-13H2,1H3,(H,78,84)/b14-9+. The molecule has 2 unspecified atom stereocenters. The summed E-state index contributed by atoms with van der Waals surface area (Å²) in [6.45, 7) is 5.92. The second-order valence-corrected chi connectivity index (χ2v) is 29.5. The number of benzene rings is 18. The first-order chi connectivity index (χ1) is 41.6. The van der Waals surface area contributed by atoms with Crippen molar-refractivity contribution in [2.45, 2.75) is 30.7 Å². The highest BCUT2D eigenvalue weighted by molar-refractivity contribution is 6.82. The number of aromatic nitrogens is 4. The topological polar surface area (TPSA) is 75.9 Å². The first kappa shape index (κ1) is 34.4. The van der Waals surface area contributed by atoms with Gasteiger partial charge in [0, 0.05) is 38.7 Å². The van der Waals surface area contributed by atoms with Crippen LogP contribution in [-0.2, 0) is 28.6 Å². The van der Waals surface area contributed by atoms with E-state index in [4.69, 9.17) is 0 Å². The summed E-state index contributed by atoms with van der Waals surface area (Å²) in [7, 11) is 0. The lowest BCUT2D eigenvalue weighted by atomic mass is 9.52. The molecule has 1 amide bonds. The molecular formula is C77H22N6O. The van der Waals surface area contributed by atoms with Crippen molar-refractivity contribution >= 4 is 297 Å². The molecule has 2 heterocycles. The van der Waals surface area contributed by atoms with Gasteiger partial charge in [-0.25, -0.2) is 4.68 Å². The summed E-state index contributed by atoms with van der Waals surface area (Å²) in [5.41, 5.74) is 8.50. The second kappa shape index (κ2) is 8.56. The molecule has 30 aromatic rings. The Bertz CT molecular complexity index is 7860. The van der Waals surface area contributed by atoms with Gasteiger partial charge in [0.1, 0.15) is 0 Å². The molecule has 2 spiro atoms. The first-order valence-corrected chi connectivity index (χ1v) is 30.9. The number of amides is 1. The largest absolute Gasteiger partial charge is 0.352 e. The van der Waals surface area contributed by atoms with Gasteiger partial charge < -0.3 is 5.32 Å². The third-order valence-corrected chi connectivity index (χ3v) is 27.9. The molecular weight excluding hydrogens is 1020 g/mol. The maximum absolute atomic E-state index is 14.2. The van der Waals surface area contributed by atoms with Crippen LogP contribution in [0.4, 0.5) is 0 Å². The molecule has 84 heavy (non-hydrogen) atoms. The zero-order chi connectivity index (χ0) is 51.3. The van der Waals surface area contributed by atoms with Crippen LogP contribution in [0.3, 0.4) is 0 Å². The number of hydrogen-bond donors (Lipinski definition) is 1. The normalized spacial score (nSPS) is 21.2. The van der Waals surface area contributed by atoms with E-state index < -0.39 is 0 Å². The van der Waals surface area contributed by atoms with E-state index >= 15 is 0 Å². The molecule has 1 N–H and O–H groups in total. The molecule has 0 radical (unpaired) electrons. The Balaban J connectivity index is 0.783. The van der Waals surface area contributed by atoms with E-state index in [1.165, 1.54) is 0 Å². The van der Waals surface area contributed by atoms with Gasteiger partial charge in [-0.15, -0.1) is 5.10 Å². The second-order valence-electron chi connectivity index (χ2n) is 29.5. The average Bonchev–Trinajstić information content (AvgIpc) is 1.39. The first-order valence-electron chi connectivity index (χ1n) is 30.9. The molecule has 2 atom stereocenters. The summed E-state index contributed by atoms with van der Waals surface area (Å²) in [6.07, 6.45) is 2.47. The summed E-state index contributed by atoms with van der Waals surface area (Å²) >= 11 is 0. The quantitative estimate of drug-likeness (QED) is 0.121. The van der Waals surface area contributed by atoms with Crippen molar-refractivity contribution in [3.63, 3.8) is 0 Å². The number of tetrazole rings is 1. The van der Waals surface area contributed by atoms with E-state index in [1.54, 1.807) is 313 Å². The molecule has 7 nitrogen and oxygen atoms in total. The minimum Gasteiger partial charge on any atom is -0.352 e. The molecule has 0 saturated carbocycles. The van der Waals surface area contributed by atoms with E-state index in [0.29, 0.717) is 19.5 Å². The number of nitrogens with zero attached hydrogens (tertiary/aromatic N) is 5. The van der Waals surface area contributed by atoms with Crippen molar-refractivity contribution in [2.75, 3.05) is 26.2 Å². The van der Waals surface area contributed by atoms with Gasteiger partial charge in [-0.1, -0.05) is 35.9 Å². The van der Waals surface area contributed by atoms with E-state index in [9.17, 15) is 4.79 Å². The molecule has 1 aliphatic heterocycles. The summed E-state index contributed by atoms with van der Waals surface area (Å²) in [6, 6.07) is 10.3. The van der Waals surface area contributed by atoms with Crippen LogP contribution in [0.2, 0.25) is 0 Å². The lowest BCUT2D eigenvalue weighted by Gasteiger charge is -2.48. The monoisotopic (exact) mass is 1050 g/mol. The summed E-state index contributed by atoms with van der Waals surface area (Å²) in [5, 5.41) is 104. The Morgan fingerprint density at radius 3 is 1.05 bits per heavy atom. The van der Waals surface area contributed by atoms with Crippen LogP contribution in [0.5, 0.6) is 0 Å². The molecule has 4 aliphatic carbocycles. The van der Waals surface area contributed by atoms with E-state index in [-0.39, 0.29) is 16.7 Å². The Labute approximate surface area is 461 Å². The van der Waals surface area contributed by atoms with Crippen molar-refractivity contribution in [2.24, 2.45) is 0 Å². The number of rotatable bonds is 8. The maximum Gasteiger partial charge on any atom is 0.243 e. The molecule has 29 aromatic carbocycles. The highest BCUT2D eigenvalue weighted by atomic mass is 16.1. The van der Waals surface area contributed by atoms with Crippen LogP contribution in [0, 0.1) is 0 Å². The smallest absolute Gasteiger partial charge is 0.243 e. The fraction of sp³-hybridized carbons (Fsp3) is 0.117. The van der Waals surface area contributed by atoms with Crippen molar-refractivity contribution in [1.29, 1.82) is 0 Å². The number of hydrogen-bond acceptors (Lipinski definition) is 5. The van der Waals surface area contributed by atoms with Crippen LogP contribution >= 0.6 is 0 Å². The molecule has 366 valence electrons. The zero-order valence-corrected chi connectivity index (χ0v) is 43.9. The van der Waals surface area contributed by atoms with Gasteiger partial charge >= 0.3 is 0 Å². The lowest BCUT2D eigenvalue weighted by molar-refractivity contribution is -0.116. The van der Waals surface area contributed by atoms with E-state index in [0.717, 1.165) is 36.6 Å². The van der Waals surface area contributed by atoms with E-state index in [2.05, 4.69) is 44.8 Å². The van der Waals surface area contributed by atoms with Gasteiger partial charge in [-0.3, -0.25) is 9.69 Å². The SMILES string of the molecule is C/C(=C\C(=O)NCCc1nnnn1Cc1ccccc1)CN1CC23c4c5c6c7c8c9c(c%10c%11c2c2c%12c4c4c%13c5c5c7c7c8c8c%14c9c%10c9c%10c%11c2c2c%11c%12c4c4c%12c%13c5c5c7c7c8c8c%14c9c9c%10c2c2c%11c4c4c%12c5c7c5c8c9c2c45)C63C1. The van der Waals surface area contributed by atoms with Crippen molar-refractivity contribution in [3.05, 3.63) is 75.6 Å². The Morgan fingerprint density at radius 2 is 0.702 bits per heavy atom. The highest BCUT2D eigenvalue weighted by Gasteiger charge is 2.73. The van der Waals surface area contributed by atoms with Gasteiger partial charge in [0.05, 0.1) is 17.4 Å². The van der Waals surface area contributed by atoms with Gasteiger partial charge in [0.2, 0.25) is 5.91 Å². The van der Waals surface area contributed by atoms with Crippen LogP contribution in [0.25, 0.3) is 291 Å². The lowest BCUT2D eigenvalue weighted by Crippen LogP contribution is -2.49. The minimum atomic E-state index is -0.315. The molecule has 5 aliphatic rings. The third kappa shape index (κ3) is 2.16. The average molecular weight is 1050 g/mol. The van der Waals surface area contributed by atoms with Crippen LogP contribution in [0.1, 0.15) is 40.6 Å². The van der Waals surface area contributed by atoms with Gasteiger partial charge in [0.15, 0.2) is 5.82 Å². The third-order valence-electron chi connectivity index (χ3n) is 27.9. The van der Waals surface area contributed by atoms with Crippen LogP contribution < -0.4 is 5.32 Å². The van der Waals surface area contributed by atoms with Crippen LogP contribution in [-0.4, -0.2) is 57.2 Å². The van der Waals surface area contributed by atoms with Gasteiger partial charge in [-0.05, 0) is 336 Å². The van der Waals surface area contributed by atoms with Gasteiger partial charge in [-0.2, -0.15) is 0 Å². The Morgan fingerprint density at radius 1 is 0.417 bits per heavy atom. The molecule has 35 rings (SSSR count). The highest BCUT2D eigenvalue weighted by Crippen LogP contribution is 2.85. The fourth-order valence-corrected chi connectivity index (χ4v) is 27.2. The predicted molar refractivity (Wildman–Crippen MR) is 344 cm³/mol. The molecule has 0 bridgehead atoms. The minimum absolute atomic E-state index is 0.0419. The van der Waals surface area contributed by atoms with Crippen LogP contribution in [0.15, 0.2) is 42.0 Å².